The van der Waals surface area contributed by atoms with Crippen molar-refractivity contribution in [1.29, 1.82) is 0 Å². The molecule has 2 N–H and O–H groups in total. The van der Waals surface area contributed by atoms with Crippen molar-refractivity contribution in [3.05, 3.63) is 0 Å². The fraction of sp³-hybridized carbons (Fsp3) is 0.917. The Labute approximate surface area is 103 Å². The molecular weight excluding hydrogens is 220 g/mol. The second kappa shape index (κ2) is 6.93. The number of carbonyl (C=O) groups is 1. The second-order valence-corrected chi connectivity index (χ2v) is 4.56. The molecule has 0 aliphatic carbocycles. The van der Waals surface area contributed by atoms with Crippen molar-refractivity contribution in [1.82, 2.24) is 4.90 Å². The van der Waals surface area contributed by atoms with Crippen LogP contribution in [0.1, 0.15) is 19.8 Å². The minimum atomic E-state index is -0.0121. The first-order valence-corrected chi connectivity index (χ1v) is 6.19. The topological polar surface area (TPSA) is 64.8 Å². The van der Waals surface area contributed by atoms with Crippen molar-refractivity contribution < 1.29 is 14.3 Å². The number of hydrogen-bond acceptors (Lipinski definition) is 4. The predicted molar refractivity (Wildman–Crippen MR) is 65.6 cm³/mol. The molecule has 1 aliphatic rings. The zero-order valence-corrected chi connectivity index (χ0v) is 11.0. The van der Waals surface area contributed by atoms with Gasteiger partial charge in [-0.3, -0.25) is 4.79 Å². The summed E-state index contributed by atoms with van der Waals surface area (Å²) in [6.07, 6.45) is 1.45. The molecule has 1 saturated heterocycles. The van der Waals surface area contributed by atoms with Crippen LogP contribution in [0.25, 0.3) is 0 Å². The predicted octanol–water partition coefficient (Wildman–Crippen LogP) is 0.234. The van der Waals surface area contributed by atoms with E-state index in [-0.39, 0.29) is 24.0 Å². The smallest absolute Gasteiger partial charge is 0.223 e. The van der Waals surface area contributed by atoms with Gasteiger partial charge >= 0.3 is 0 Å². The zero-order chi connectivity index (χ0) is 12.8. The molecule has 1 amide bonds. The molecule has 3 atom stereocenters. The third-order valence-corrected chi connectivity index (χ3v) is 3.55. The monoisotopic (exact) mass is 244 g/mol. The molecule has 1 rings (SSSR count). The van der Waals surface area contributed by atoms with Gasteiger partial charge in [0, 0.05) is 33.7 Å². The van der Waals surface area contributed by atoms with Gasteiger partial charge in [0.1, 0.15) is 12.2 Å². The van der Waals surface area contributed by atoms with E-state index in [1.165, 1.54) is 0 Å². The van der Waals surface area contributed by atoms with Gasteiger partial charge in [0.05, 0.1) is 0 Å². The highest BCUT2D eigenvalue weighted by Crippen LogP contribution is 2.18. The molecule has 1 fully saturated rings. The van der Waals surface area contributed by atoms with Crippen LogP contribution in [-0.4, -0.2) is 56.9 Å². The zero-order valence-electron chi connectivity index (χ0n) is 11.0. The van der Waals surface area contributed by atoms with E-state index in [2.05, 4.69) is 6.92 Å². The number of hydrogen-bond donors (Lipinski definition) is 1. The highest BCUT2D eigenvalue weighted by molar-refractivity contribution is 5.77. The van der Waals surface area contributed by atoms with E-state index in [4.69, 9.17) is 15.2 Å². The first-order valence-electron chi connectivity index (χ1n) is 6.19. The van der Waals surface area contributed by atoms with Crippen LogP contribution in [0.5, 0.6) is 0 Å². The molecule has 0 aromatic carbocycles. The maximum Gasteiger partial charge on any atom is 0.223 e. The number of amides is 1. The number of methoxy groups -OCH3 is 2. The Bertz CT molecular complexity index is 232. The van der Waals surface area contributed by atoms with E-state index >= 15 is 0 Å². The Balaban J connectivity index is 2.48. The van der Waals surface area contributed by atoms with Crippen molar-refractivity contribution in [2.24, 2.45) is 11.7 Å². The lowest BCUT2D eigenvalue weighted by atomic mass is 10.0. The molecule has 5 heteroatoms. The number of rotatable bonds is 6. The molecule has 0 radical (unpaired) electrons. The first-order chi connectivity index (χ1) is 8.15. The van der Waals surface area contributed by atoms with E-state index < -0.39 is 0 Å². The number of nitrogens with zero attached hydrogens (tertiary/aromatic N) is 1. The number of likely N-dealkylation sites (tertiary alicyclic amines) is 1. The van der Waals surface area contributed by atoms with E-state index in [0.717, 1.165) is 6.42 Å². The van der Waals surface area contributed by atoms with Gasteiger partial charge in [-0.2, -0.15) is 0 Å². The van der Waals surface area contributed by atoms with Crippen LogP contribution in [0.3, 0.4) is 0 Å². The van der Waals surface area contributed by atoms with Gasteiger partial charge in [0.25, 0.3) is 0 Å². The van der Waals surface area contributed by atoms with Crippen molar-refractivity contribution in [2.75, 3.05) is 33.9 Å². The molecule has 17 heavy (non-hydrogen) atoms. The molecule has 1 heterocycles. The van der Waals surface area contributed by atoms with E-state index in [1.54, 1.807) is 14.2 Å². The van der Waals surface area contributed by atoms with Crippen molar-refractivity contribution in [3.8, 4) is 0 Å². The second-order valence-electron chi connectivity index (χ2n) is 4.56. The molecule has 0 aromatic heterocycles. The molecule has 0 saturated carbocycles. The Morgan fingerprint density at radius 2 is 1.88 bits per heavy atom. The number of nitrogens with two attached hydrogens (primary N) is 1. The van der Waals surface area contributed by atoms with Gasteiger partial charge in [-0.05, 0) is 12.5 Å². The number of ether oxygens (including phenoxy) is 2. The Morgan fingerprint density at radius 3 is 2.24 bits per heavy atom. The average Bonchev–Trinajstić information content (AvgIpc) is 2.78. The Kier molecular flexibility index (Phi) is 5.88. The summed E-state index contributed by atoms with van der Waals surface area (Å²) in [6.45, 7) is 3.87. The Hall–Kier alpha value is -0.650. The first kappa shape index (κ1) is 14.4. The molecule has 5 nitrogen and oxygen atoms in total. The average molecular weight is 244 g/mol. The van der Waals surface area contributed by atoms with Crippen LogP contribution in [-0.2, 0) is 14.3 Å². The van der Waals surface area contributed by atoms with Crippen molar-refractivity contribution in [3.63, 3.8) is 0 Å². The van der Waals surface area contributed by atoms with Gasteiger partial charge in [-0.25, -0.2) is 0 Å². The van der Waals surface area contributed by atoms with E-state index in [0.29, 0.717) is 26.1 Å². The van der Waals surface area contributed by atoms with Crippen LogP contribution >= 0.6 is 0 Å². The minimum Gasteiger partial charge on any atom is -0.377 e. The summed E-state index contributed by atoms with van der Waals surface area (Å²) in [5, 5.41) is 0. The fourth-order valence-electron chi connectivity index (χ4n) is 2.17. The van der Waals surface area contributed by atoms with Gasteiger partial charge in [-0.1, -0.05) is 13.3 Å². The minimum absolute atomic E-state index is 0.0121. The van der Waals surface area contributed by atoms with E-state index in [9.17, 15) is 4.79 Å². The third kappa shape index (κ3) is 3.66. The molecule has 100 valence electrons. The largest absolute Gasteiger partial charge is 0.377 e. The van der Waals surface area contributed by atoms with Crippen LogP contribution in [0.4, 0.5) is 0 Å². The Morgan fingerprint density at radius 1 is 1.35 bits per heavy atom. The van der Waals surface area contributed by atoms with Crippen LogP contribution in [0.15, 0.2) is 0 Å². The van der Waals surface area contributed by atoms with Crippen LogP contribution < -0.4 is 5.73 Å². The summed E-state index contributed by atoms with van der Waals surface area (Å²) in [6, 6.07) is 0. The van der Waals surface area contributed by atoms with Crippen molar-refractivity contribution >= 4 is 5.91 Å². The lowest BCUT2D eigenvalue weighted by Crippen LogP contribution is -2.32. The molecular formula is C12H24N2O3. The fourth-order valence-corrected chi connectivity index (χ4v) is 2.17. The molecule has 0 spiro atoms. The maximum atomic E-state index is 12.1. The summed E-state index contributed by atoms with van der Waals surface area (Å²) in [5.41, 5.74) is 5.62. The SMILES string of the molecule is CCC(CN)CC(=O)N1CC(OC)C(OC)C1. The standard InChI is InChI=1S/C12H24N2O3/c1-4-9(6-13)5-12(15)14-7-10(16-2)11(8-14)17-3/h9-11H,4-8,13H2,1-3H3. The molecule has 0 aromatic rings. The lowest BCUT2D eigenvalue weighted by Gasteiger charge is -2.19. The van der Waals surface area contributed by atoms with Crippen LogP contribution in [0, 0.1) is 5.92 Å². The highest BCUT2D eigenvalue weighted by Gasteiger charge is 2.35. The maximum absolute atomic E-state index is 12.1. The summed E-state index contributed by atoms with van der Waals surface area (Å²) in [5.74, 6) is 0.439. The van der Waals surface area contributed by atoms with Gasteiger partial charge in [0.2, 0.25) is 5.91 Å². The molecule has 1 aliphatic heterocycles. The normalized spacial score (nSPS) is 26.2. The van der Waals surface area contributed by atoms with Crippen molar-refractivity contribution in [2.45, 2.75) is 32.0 Å². The number of carbonyl (C=O) groups excluding carboxylic acids is 1. The highest BCUT2D eigenvalue weighted by atomic mass is 16.5. The summed E-state index contributed by atoms with van der Waals surface area (Å²) >= 11 is 0. The third-order valence-electron chi connectivity index (χ3n) is 3.55. The van der Waals surface area contributed by atoms with E-state index in [1.807, 2.05) is 4.90 Å². The summed E-state index contributed by atoms with van der Waals surface area (Å²) < 4.78 is 10.6. The quantitative estimate of drug-likeness (QED) is 0.726. The molecule has 3 unspecified atom stereocenters. The van der Waals surface area contributed by atoms with Crippen LogP contribution in [0.2, 0.25) is 0 Å². The lowest BCUT2D eigenvalue weighted by molar-refractivity contribution is -0.131. The summed E-state index contributed by atoms with van der Waals surface area (Å²) in [7, 11) is 3.30. The van der Waals surface area contributed by atoms with Gasteiger partial charge in [0.15, 0.2) is 0 Å². The van der Waals surface area contributed by atoms with Gasteiger partial charge in [-0.15, -0.1) is 0 Å². The van der Waals surface area contributed by atoms with Gasteiger partial charge < -0.3 is 20.1 Å². The molecule has 0 bridgehead atoms. The summed E-state index contributed by atoms with van der Waals surface area (Å²) in [4.78, 5) is 13.9.